The number of nitrogens with zero attached hydrogens (tertiary/aromatic N) is 4. The Morgan fingerprint density at radius 2 is 2.26 bits per heavy atom. The average Bonchev–Trinajstić information content (AvgIpc) is 3.37. The molecule has 0 radical (unpaired) electrons. The van der Waals surface area contributed by atoms with Gasteiger partial charge in [-0.3, -0.25) is 4.99 Å². The molecule has 1 fully saturated rings. The summed E-state index contributed by atoms with van der Waals surface area (Å²) < 4.78 is 7.83. The number of aryl methyl sites for hydroxylation is 1. The van der Waals surface area contributed by atoms with Crippen LogP contribution in [0.3, 0.4) is 0 Å². The van der Waals surface area contributed by atoms with Gasteiger partial charge in [-0.25, -0.2) is 0 Å². The number of unbranched alkanes of at least 4 members (excludes halogenated alkanes) is 1. The number of nitrogens with one attached hydrogen (secondary N) is 2. The molecule has 0 aliphatic carbocycles. The molecule has 7 heteroatoms. The lowest BCUT2D eigenvalue weighted by Gasteiger charge is -2.18. The third-order valence-corrected chi connectivity index (χ3v) is 5.23. The Bertz CT molecular complexity index is 538. The number of guanidine groups is 1. The van der Waals surface area contributed by atoms with Crippen molar-refractivity contribution in [1.29, 1.82) is 0 Å². The van der Waals surface area contributed by atoms with E-state index in [9.17, 15) is 0 Å². The summed E-state index contributed by atoms with van der Waals surface area (Å²) in [5.41, 5.74) is 0. The van der Waals surface area contributed by atoms with E-state index in [0.717, 1.165) is 63.8 Å². The van der Waals surface area contributed by atoms with E-state index >= 15 is 0 Å². The SMILES string of the molecule is CCCCC(CC)CN=C(NCCn1cnnc1CC)NCC1CCCO1. The van der Waals surface area contributed by atoms with Gasteiger partial charge in [0.1, 0.15) is 12.2 Å². The smallest absolute Gasteiger partial charge is 0.191 e. The minimum absolute atomic E-state index is 0.309. The van der Waals surface area contributed by atoms with E-state index in [-0.39, 0.29) is 0 Å². The molecule has 27 heavy (non-hydrogen) atoms. The Balaban J connectivity index is 1.85. The van der Waals surface area contributed by atoms with E-state index in [1.807, 2.05) is 0 Å². The second-order valence-electron chi connectivity index (χ2n) is 7.34. The zero-order valence-electron chi connectivity index (χ0n) is 17.4. The first-order valence-electron chi connectivity index (χ1n) is 10.8. The largest absolute Gasteiger partial charge is 0.376 e. The lowest BCUT2D eigenvalue weighted by atomic mass is 10.00. The number of aromatic nitrogens is 3. The van der Waals surface area contributed by atoms with Gasteiger partial charge in [0.25, 0.3) is 0 Å². The van der Waals surface area contributed by atoms with Crippen LogP contribution in [0.25, 0.3) is 0 Å². The van der Waals surface area contributed by atoms with Gasteiger partial charge in [-0.1, -0.05) is 40.0 Å². The molecular formula is C20H38N6O. The maximum Gasteiger partial charge on any atom is 0.191 e. The Labute approximate surface area is 164 Å². The molecule has 1 aromatic rings. The predicted molar refractivity (Wildman–Crippen MR) is 110 cm³/mol. The zero-order valence-corrected chi connectivity index (χ0v) is 17.4. The van der Waals surface area contributed by atoms with Gasteiger partial charge in [-0.2, -0.15) is 0 Å². The van der Waals surface area contributed by atoms with Crippen molar-refractivity contribution in [3.8, 4) is 0 Å². The predicted octanol–water partition coefficient (Wildman–Crippen LogP) is 2.77. The second-order valence-corrected chi connectivity index (χ2v) is 7.34. The van der Waals surface area contributed by atoms with Gasteiger partial charge < -0.3 is 19.9 Å². The van der Waals surface area contributed by atoms with Gasteiger partial charge in [0.05, 0.1) is 6.10 Å². The van der Waals surface area contributed by atoms with Gasteiger partial charge in [0, 0.05) is 39.2 Å². The van der Waals surface area contributed by atoms with E-state index in [0.29, 0.717) is 12.0 Å². The Morgan fingerprint density at radius 3 is 2.96 bits per heavy atom. The van der Waals surface area contributed by atoms with Crippen LogP contribution < -0.4 is 10.6 Å². The van der Waals surface area contributed by atoms with Crippen LogP contribution in [0.15, 0.2) is 11.3 Å². The molecule has 0 amide bonds. The molecule has 7 nitrogen and oxygen atoms in total. The maximum atomic E-state index is 5.73. The maximum absolute atomic E-state index is 5.73. The molecular weight excluding hydrogens is 340 g/mol. The van der Waals surface area contributed by atoms with Crippen molar-refractivity contribution >= 4 is 5.96 Å². The molecule has 1 aromatic heterocycles. The summed E-state index contributed by atoms with van der Waals surface area (Å²) in [6.07, 6.45) is 10.3. The number of ether oxygens (including phenoxy) is 1. The molecule has 1 aliphatic heterocycles. The fourth-order valence-corrected chi connectivity index (χ4v) is 3.36. The average molecular weight is 379 g/mol. The highest BCUT2D eigenvalue weighted by molar-refractivity contribution is 5.79. The van der Waals surface area contributed by atoms with Crippen molar-refractivity contribution in [2.24, 2.45) is 10.9 Å². The summed E-state index contributed by atoms with van der Waals surface area (Å²) in [4.78, 5) is 4.87. The number of hydrogen-bond acceptors (Lipinski definition) is 4. The minimum atomic E-state index is 0.309. The molecule has 2 N–H and O–H groups in total. The van der Waals surface area contributed by atoms with Crippen LogP contribution in [0, 0.1) is 5.92 Å². The standard InChI is InChI=1S/C20H38N6O/c1-4-7-9-17(5-2)14-22-20(23-15-18-10-8-13-27-18)21-11-12-26-16-24-25-19(26)6-3/h16-18H,4-15H2,1-3H3,(H2,21,22,23). The molecule has 2 rings (SSSR count). The fraction of sp³-hybridized carbons (Fsp3) is 0.850. The van der Waals surface area contributed by atoms with Crippen molar-refractivity contribution < 1.29 is 4.74 Å². The van der Waals surface area contributed by atoms with E-state index in [1.54, 1.807) is 6.33 Å². The van der Waals surface area contributed by atoms with Crippen LogP contribution in [-0.2, 0) is 17.7 Å². The molecule has 1 saturated heterocycles. The summed E-state index contributed by atoms with van der Waals surface area (Å²) in [7, 11) is 0. The van der Waals surface area contributed by atoms with E-state index < -0.39 is 0 Å². The van der Waals surface area contributed by atoms with Gasteiger partial charge >= 0.3 is 0 Å². The highest BCUT2D eigenvalue weighted by Crippen LogP contribution is 2.13. The Kier molecular flexibility index (Phi) is 10.2. The Morgan fingerprint density at radius 1 is 1.37 bits per heavy atom. The summed E-state index contributed by atoms with van der Waals surface area (Å²) in [5.74, 6) is 2.58. The first kappa shape index (κ1) is 21.7. The lowest BCUT2D eigenvalue weighted by Crippen LogP contribution is -2.42. The highest BCUT2D eigenvalue weighted by Gasteiger charge is 2.16. The van der Waals surface area contributed by atoms with E-state index in [4.69, 9.17) is 9.73 Å². The Hall–Kier alpha value is -1.63. The van der Waals surface area contributed by atoms with Crippen molar-refractivity contribution in [1.82, 2.24) is 25.4 Å². The highest BCUT2D eigenvalue weighted by atomic mass is 16.5. The first-order chi connectivity index (χ1) is 13.3. The van der Waals surface area contributed by atoms with E-state index in [2.05, 4.69) is 46.2 Å². The summed E-state index contributed by atoms with van der Waals surface area (Å²) in [5, 5.41) is 15.1. The second kappa shape index (κ2) is 12.7. The van der Waals surface area contributed by atoms with Crippen molar-refractivity contribution in [2.45, 2.75) is 78.4 Å². The quantitative estimate of drug-likeness (QED) is 0.432. The number of rotatable bonds is 12. The molecule has 1 aliphatic rings. The number of aliphatic imine (C=N–C) groups is 1. The van der Waals surface area contributed by atoms with Crippen LogP contribution in [0.2, 0.25) is 0 Å². The van der Waals surface area contributed by atoms with Crippen LogP contribution in [-0.4, -0.2) is 53.1 Å². The van der Waals surface area contributed by atoms with Crippen LogP contribution in [0.5, 0.6) is 0 Å². The molecule has 0 spiro atoms. The minimum Gasteiger partial charge on any atom is -0.376 e. The lowest BCUT2D eigenvalue weighted by molar-refractivity contribution is 0.113. The molecule has 0 saturated carbocycles. The van der Waals surface area contributed by atoms with Crippen LogP contribution in [0.4, 0.5) is 0 Å². The molecule has 2 unspecified atom stereocenters. The molecule has 2 heterocycles. The molecule has 0 bridgehead atoms. The number of hydrogen-bond donors (Lipinski definition) is 2. The summed E-state index contributed by atoms with van der Waals surface area (Å²) in [6.45, 7) is 10.8. The third-order valence-electron chi connectivity index (χ3n) is 5.23. The van der Waals surface area contributed by atoms with Gasteiger partial charge in [-0.15, -0.1) is 10.2 Å². The zero-order chi connectivity index (χ0) is 19.3. The van der Waals surface area contributed by atoms with Crippen molar-refractivity contribution in [3.63, 3.8) is 0 Å². The van der Waals surface area contributed by atoms with Crippen molar-refractivity contribution in [3.05, 3.63) is 12.2 Å². The molecule has 154 valence electrons. The van der Waals surface area contributed by atoms with Crippen molar-refractivity contribution in [2.75, 3.05) is 26.2 Å². The van der Waals surface area contributed by atoms with Crippen LogP contribution in [0.1, 0.15) is 65.1 Å². The van der Waals surface area contributed by atoms with E-state index in [1.165, 1.54) is 25.7 Å². The fourth-order valence-electron chi connectivity index (χ4n) is 3.36. The topological polar surface area (TPSA) is 76.4 Å². The normalized spacial score (nSPS) is 18.6. The van der Waals surface area contributed by atoms with Gasteiger partial charge in [-0.05, 0) is 25.2 Å². The van der Waals surface area contributed by atoms with Gasteiger partial charge in [0.2, 0.25) is 0 Å². The van der Waals surface area contributed by atoms with Gasteiger partial charge in [0.15, 0.2) is 5.96 Å². The molecule has 2 atom stereocenters. The summed E-state index contributed by atoms with van der Waals surface area (Å²) in [6, 6.07) is 0. The van der Waals surface area contributed by atoms with Crippen LogP contribution >= 0.6 is 0 Å². The third kappa shape index (κ3) is 7.87. The molecule has 0 aromatic carbocycles. The summed E-state index contributed by atoms with van der Waals surface area (Å²) >= 11 is 0. The first-order valence-corrected chi connectivity index (χ1v) is 10.8. The monoisotopic (exact) mass is 378 g/mol.